The van der Waals surface area contributed by atoms with E-state index in [1.54, 1.807) is 0 Å². The van der Waals surface area contributed by atoms with Gasteiger partial charge in [-0.1, -0.05) is 18.2 Å². The maximum absolute atomic E-state index is 4.42. The first-order valence-electron chi connectivity index (χ1n) is 5.23. The molecule has 0 bridgehead atoms. The van der Waals surface area contributed by atoms with Crippen LogP contribution in [0, 0.1) is 0 Å². The lowest BCUT2D eigenvalue weighted by atomic mass is 10.3. The van der Waals surface area contributed by atoms with Crippen molar-refractivity contribution in [2.24, 2.45) is 7.05 Å². The summed E-state index contributed by atoms with van der Waals surface area (Å²) in [5, 5.41) is 0. The molecule has 3 heteroatoms. The number of hydrogen-bond acceptors (Lipinski definition) is 1. The van der Waals surface area contributed by atoms with Crippen LogP contribution in [-0.4, -0.2) is 9.55 Å². The van der Waals surface area contributed by atoms with Crippen molar-refractivity contribution < 1.29 is 4.57 Å². The normalized spacial score (nSPS) is 10.8. The molecule has 3 nitrogen and oxygen atoms in total. The molecular formula is C13H12N3+. The Hall–Kier alpha value is -2.16. The van der Waals surface area contributed by atoms with Crippen LogP contribution in [0.4, 0.5) is 0 Å². The van der Waals surface area contributed by atoms with Crippen LogP contribution in [-0.2, 0) is 7.05 Å². The first-order chi connectivity index (χ1) is 7.86. The van der Waals surface area contributed by atoms with Gasteiger partial charge in [-0.15, -0.1) is 0 Å². The van der Waals surface area contributed by atoms with Crippen molar-refractivity contribution in [1.82, 2.24) is 9.55 Å². The van der Waals surface area contributed by atoms with Crippen LogP contribution in [0.15, 0.2) is 55.0 Å². The van der Waals surface area contributed by atoms with Crippen molar-refractivity contribution in [1.29, 1.82) is 0 Å². The lowest BCUT2D eigenvalue weighted by Gasteiger charge is -1.94. The maximum atomic E-state index is 4.42. The third-order valence-electron chi connectivity index (χ3n) is 2.70. The molecule has 16 heavy (non-hydrogen) atoms. The topological polar surface area (TPSA) is 21.7 Å². The summed E-state index contributed by atoms with van der Waals surface area (Å²) >= 11 is 0. The smallest absolute Gasteiger partial charge is 0.231 e. The van der Waals surface area contributed by atoms with Gasteiger partial charge in [0.2, 0.25) is 0 Å². The minimum absolute atomic E-state index is 0.983. The molecule has 0 saturated heterocycles. The SMILES string of the molecule is C[n+]1cn(-c2ccccc2)c2ncccc21. The molecule has 0 atom stereocenters. The maximum Gasteiger partial charge on any atom is 0.273 e. The largest absolute Gasteiger partial charge is 0.273 e. The number of aryl methyl sites for hydroxylation is 1. The van der Waals surface area contributed by atoms with E-state index in [4.69, 9.17) is 0 Å². The minimum atomic E-state index is 0.983. The Labute approximate surface area is 93.6 Å². The number of aromatic nitrogens is 3. The highest BCUT2D eigenvalue weighted by atomic mass is 15.2. The molecule has 0 spiro atoms. The van der Waals surface area contributed by atoms with Crippen LogP contribution in [0.1, 0.15) is 0 Å². The molecule has 0 N–H and O–H groups in total. The summed E-state index contributed by atoms with van der Waals surface area (Å²) < 4.78 is 4.17. The van der Waals surface area contributed by atoms with Gasteiger partial charge >= 0.3 is 0 Å². The number of imidazole rings is 1. The summed E-state index contributed by atoms with van der Waals surface area (Å²) in [6.07, 6.45) is 3.87. The van der Waals surface area contributed by atoms with Crippen LogP contribution in [0.25, 0.3) is 16.9 Å². The molecule has 0 fully saturated rings. The molecule has 2 aromatic heterocycles. The molecule has 3 rings (SSSR count). The number of hydrogen-bond donors (Lipinski definition) is 0. The fraction of sp³-hybridized carbons (Fsp3) is 0.0769. The van der Waals surface area contributed by atoms with Gasteiger partial charge in [-0.25, -0.2) is 9.55 Å². The summed E-state index contributed by atoms with van der Waals surface area (Å²) in [6.45, 7) is 0. The third kappa shape index (κ3) is 1.29. The number of rotatable bonds is 1. The number of nitrogens with zero attached hydrogens (tertiary/aromatic N) is 3. The van der Waals surface area contributed by atoms with E-state index in [9.17, 15) is 0 Å². The second-order valence-electron chi connectivity index (χ2n) is 3.78. The van der Waals surface area contributed by atoms with Crippen molar-refractivity contribution in [3.8, 4) is 5.69 Å². The Bertz CT molecular complexity index is 626. The first-order valence-corrected chi connectivity index (χ1v) is 5.23. The van der Waals surface area contributed by atoms with Crippen LogP contribution >= 0.6 is 0 Å². The monoisotopic (exact) mass is 210 g/mol. The van der Waals surface area contributed by atoms with Crippen molar-refractivity contribution in [2.45, 2.75) is 0 Å². The summed E-state index contributed by atoms with van der Waals surface area (Å²) in [6, 6.07) is 14.3. The van der Waals surface area contributed by atoms with E-state index in [-0.39, 0.29) is 0 Å². The van der Waals surface area contributed by atoms with E-state index < -0.39 is 0 Å². The van der Waals surface area contributed by atoms with Gasteiger partial charge < -0.3 is 0 Å². The molecule has 0 aliphatic rings. The molecule has 0 amide bonds. The Morgan fingerprint density at radius 3 is 2.69 bits per heavy atom. The van der Waals surface area contributed by atoms with Crippen LogP contribution in [0.3, 0.4) is 0 Å². The predicted molar refractivity (Wildman–Crippen MR) is 62.2 cm³/mol. The molecule has 78 valence electrons. The molecule has 2 heterocycles. The fourth-order valence-electron chi connectivity index (χ4n) is 1.92. The van der Waals surface area contributed by atoms with Gasteiger partial charge in [0.1, 0.15) is 5.69 Å². The summed E-state index contributed by atoms with van der Waals surface area (Å²) in [4.78, 5) is 4.42. The zero-order chi connectivity index (χ0) is 11.0. The van der Waals surface area contributed by atoms with Crippen molar-refractivity contribution in [2.75, 3.05) is 0 Å². The number of pyridine rings is 1. The second kappa shape index (κ2) is 3.45. The van der Waals surface area contributed by atoms with E-state index in [1.165, 1.54) is 0 Å². The predicted octanol–water partition coefficient (Wildman–Crippen LogP) is 1.85. The van der Waals surface area contributed by atoms with Crippen LogP contribution in [0.2, 0.25) is 0 Å². The molecular weight excluding hydrogens is 198 g/mol. The van der Waals surface area contributed by atoms with Gasteiger partial charge in [0.05, 0.1) is 7.05 Å². The third-order valence-corrected chi connectivity index (χ3v) is 2.70. The number of benzene rings is 1. The average molecular weight is 210 g/mol. The van der Waals surface area contributed by atoms with Crippen molar-refractivity contribution >= 4 is 11.2 Å². The zero-order valence-corrected chi connectivity index (χ0v) is 9.04. The Balaban J connectivity index is 2.33. The summed E-state index contributed by atoms with van der Waals surface area (Å²) in [5.74, 6) is 0. The minimum Gasteiger partial charge on any atom is -0.231 e. The van der Waals surface area contributed by atoms with Gasteiger partial charge in [0.25, 0.3) is 12.0 Å². The highest BCUT2D eigenvalue weighted by Gasteiger charge is 2.14. The molecule has 0 aliphatic heterocycles. The molecule has 3 aromatic rings. The van der Waals surface area contributed by atoms with Gasteiger partial charge in [-0.3, -0.25) is 0 Å². The zero-order valence-electron chi connectivity index (χ0n) is 9.04. The van der Waals surface area contributed by atoms with Crippen LogP contribution < -0.4 is 4.57 Å². The molecule has 0 aliphatic carbocycles. The van der Waals surface area contributed by atoms with Gasteiger partial charge in [-0.2, -0.15) is 4.57 Å². The Morgan fingerprint density at radius 1 is 1.06 bits per heavy atom. The second-order valence-corrected chi connectivity index (χ2v) is 3.78. The van der Waals surface area contributed by atoms with E-state index >= 15 is 0 Å². The molecule has 1 aromatic carbocycles. The van der Waals surface area contributed by atoms with E-state index in [0.29, 0.717) is 0 Å². The van der Waals surface area contributed by atoms with Gasteiger partial charge in [0.15, 0.2) is 5.52 Å². The van der Waals surface area contributed by atoms with Gasteiger partial charge in [0, 0.05) is 6.20 Å². The Kier molecular flexibility index (Phi) is 1.96. The van der Waals surface area contributed by atoms with E-state index in [2.05, 4.69) is 32.3 Å². The number of para-hydroxylation sites is 1. The highest BCUT2D eigenvalue weighted by molar-refractivity contribution is 5.68. The standard InChI is InChI=1S/C13H12N3/c1-15-10-16(11-6-3-2-4-7-11)13-12(15)8-5-9-14-13/h2-10H,1H3/q+1. The van der Waals surface area contributed by atoms with Crippen LogP contribution in [0.5, 0.6) is 0 Å². The summed E-state index contributed by atoms with van der Waals surface area (Å²) in [7, 11) is 2.03. The quantitative estimate of drug-likeness (QED) is 0.562. The van der Waals surface area contributed by atoms with Gasteiger partial charge in [-0.05, 0) is 24.3 Å². The Morgan fingerprint density at radius 2 is 1.88 bits per heavy atom. The fourth-order valence-corrected chi connectivity index (χ4v) is 1.92. The number of fused-ring (bicyclic) bond motifs is 1. The first kappa shape index (κ1) is 9.09. The van der Waals surface area contributed by atoms with E-state index in [0.717, 1.165) is 16.9 Å². The lowest BCUT2D eigenvalue weighted by Crippen LogP contribution is -2.25. The average Bonchev–Trinajstić information content (AvgIpc) is 2.69. The van der Waals surface area contributed by atoms with Crippen molar-refractivity contribution in [3.05, 3.63) is 55.0 Å². The lowest BCUT2D eigenvalue weighted by molar-refractivity contribution is -0.645. The van der Waals surface area contributed by atoms with E-state index in [1.807, 2.05) is 43.8 Å². The highest BCUT2D eigenvalue weighted by Crippen LogP contribution is 2.13. The molecule has 0 saturated carbocycles. The molecule has 0 radical (unpaired) electrons. The summed E-state index contributed by atoms with van der Waals surface area (Å²) in [5.41, 5.74) is 3.24. The molecule has 0 unspecified atom stereocenters. The van der Waals surface area contributed by atoms with Crippen molar-refractivity contribution in [3.63, 3.8) is 0 Å².